The summed E-state index contributed by atoms with van der Waals surface area (Å²) >= 11 is 21.3. The number of nitrogens with one attached hydrogen (secondary N) is 4. The van der Waals surface area contributed by atoms with Crippen molar-refractivity contribution >= 4 is 117 Å². The van der Waals surface area contributed by atoms with E-state index < -0.39 is 97.6 Å². The van der Waals surface area contributed by atoms with Crippen LogP contribution in [0.4, 0.5) is 0 Å². The number of esters is 3. The van der Waals surface area contributed by atoms with Crippen LogP contribution in [-0.2, 0) is 74.9 Å². The van der Waals surface area contributed by atoms with Gasteiger partial charge >= 0.3 is 17.9 Å². The summed E-state index contributed by atoms with van der Waals surface area (Å²) in [5, 5.41) is 8.95. The lowest BCUT2D eigenvalue weighted by atomic mass is 9.90. The fourth-order valence-electron chi connectivity index (χ4n) is 13.0. The van der Waals surface area contributed by atoms with Gasteiger partial charge in [0.25, 0.3) is 30.1 Å². The molecule has 3 fully saturated rings. The molecule has 0 radical (unpaired) electrons. The summed E-state index contributed by atoms with van der Waals surface area (Å²) < 4.78 is 107. The molecule has 3 aromatic heterocycles. The summed E-state index contributed by atoms with van der Waals surface area (Å²) in [7, 11) is -12.3. The van der Waals surface area contributed by atoms with Crippen LogP contribution in [0.1, 0.15) is 112 Å². The molecule has 6 unspecified atom stereocenters. The van der Waals surface area contributed by atoms with Gasteiger partial charge in [-0.1, -0.05) is 181 Å². The van der Waals surface area contributed by atoms with Crippen molar-refractivity contribution in [1.29, 1.82) is 0 Å². The van der Waals surface area contributed by atoms with Crippen LogP contribution >= 0.6 is 68.8 Å². The summed E-state index contributed by atoms with van der Waals surface area (Å²) in [5.41, 5.74) is 10.3. The van der Waals surface area contributed by atoms with E-state index in [-0.39, 0.29) is 51.0 Å². The molecular formula is C78H85Cl3N8O12S6. The fourth-order valence-corrected chi connectivity index (χ4v) is 21.6. The molecule has 6 aromatic carbocycles. The van der Waals surface area contributed by atoms with Crippen molar-refractivity contribution < 1.29 is 53.8 Å². The van der Waals surface area contributed by atoms with E-state index in [2.05, 4.69) is 29.5 Å². The van der Waals surface area contributed by atoms with Crippen LogP contribution < -0.4 is 25.2 Å². The summed E-state index contributed by atoms with van der Waals surface area (Å²) in [4.78, 5) is 45.9. The Morgan fingerprint density at radius 3 is 1.04 bits per heavy atom. The van der Waals surface area contributed by atoms with E-state index in [0.717, 1.165) is 76.5 Å². The molecular weight excluding hydrogens is 1540 g/mol. The van der Waals surface area contributed by atoms with Crippen LogP contribution in [0.15, 0.2) is 218 Å². The van der Waals surface area contributed by atoms with E-state index >= 15 is 0 Å². The molecule has 6 atom stereocenters. The largest absolute Gasteiger partial charge is 0.459 e. The first kappa shape index (κ1) is 82.2. The highest BCUT2D eigenvalue weighted by Gasteiger charge is 2.77. The van der Waals surface area contributed by atoms with Crippen molar-refractivity contribution in [3.8, 4) is 31.3 Å². The number of rotatable bonds is 24. The molecule has 0 aliphatic heterocycles. The second-order valence-corrected chi connectivity index (χ2v) is 40.2. The lowest BCUT2D eigenvalue weighted by Crippen LogP contribution is -2.53. The molecule has 0 spiro atoms. The maximum atomic E-state index is 13.8. The van der Waals surface area contributed by atoms with Crippen molar-refractivity contribution in [1.82, 2.24) is 19.5 Å². The Kier molecular flexibility index (Phi) is 24.2. The third-order valence-electron chi connectivity index (χ3n) is 18.4. The van der Waals surface area contributed by atoms with Crippen molar-refractivity contribution in [2.75, 3.05) is 19.6 Å². The molecule has 3 saturated carbocycles. The highest BCUT2D eigenvalue weighted by Crippen LogP contribution is 2.62. The summed E-state index contributed by atoms with van der Waals surface area (Å²) in [6.07, 6.45) is 0.587. The molecule has 9 aromatic rings. The van der Waals surface area contributed by atoms with E-state index in [9.17, 15) is 39.6 Å². The smallest absolute Gasteiger partial charge is 0.328 e. The Morgan fingerprint density at radius 2 is 0.738 bits per heavy atom. The normalized spacial score (nSPS) is 21.8. The highest BCUT2D eigenvalue weighted by molar-refractivity contribution is 7.92. The topological polar surface area (TPSA) is 304 Å². The van der Waals surface area contributed by atoms with E-state index in [0.29, 0.717) is 27.2 Å². The molecule has 107 heavy (non-hydrogen) atoms. The standard InChI is InChI=1S/C28H33ClN2O4S2.C25H25ClN4O4S2.C25H27ClN2O4S2/c1-19(2)30-18-27(21-9-7-6-8-10-21)17-28(27,25(32)35-26(3,4)5)31-37(33,34)24-16-15-23(36-24)20-11-13-22(29)14-12-20;1-23(2,3)34-22(31)25(15-24(25,16-28-30-27)18-7-5-4-6-8-18)29-36(32,33)21-14-13-20(35-21)17-9-11-19(26)12-10-17;1-23(2,3)32-22(29)25(15-24(25,16-27)18-7-5-4-6-8-18)28-34(30,31)21-14-13-20(33-21)17-9-11-19(26)12-10-17/h6-16,19,30-31H,17-18H2,1-5H3;4-14,29H,15-16H2,1-3H3;4-14,28H,15-16,27H2,1-3H3. The maximum absolute atomic E-state index is 13.8. The van der Waals surface area contributed by atoms with Crippen molar-refractivity contribution in [2.24, 2.45) is 10.8 Å². The quantitative estimate of drug-likeness (QED) is 0.0124. The first-order chi connectivity index (χ1) is 50.1. The minimum Gasteiger partial charge on any atom is -0.459 e. The number of hydrogen-bond acceptors (Lipinski definition) is 18. The van der Waals surface area contributed by atoms with Crippen molar-refractivity contribution in [2.45, 2.75) is 164 Å². The second-order valence-electron chi connectivity index (χ2n) is 29.9. The monoisotopic (exact) mass is 1620 g/mol. The minimum absolute atomic E-state index is 0.0491. The fraction of sp³-hybridized carbons (Fsp3) is 0.346. The van der Waals surface area contributed by atoms with Crippen molar-refractivity contribution in [3.05, 3.63) is 242 Å². The third kappa shape index (κ3) is 18.1. The lowest BCUT2D eigenvalue weighted by Gasteiger charge is -2.30. The van der Waals surface area contributed by atoms with E-state index in [1.807, 2.05) is 105 Å². The van der Waals surface area contributed by atoms with Crippen LogP contribution in [0, 0.1) is 0 Å². The van der Waals surface area contributed by atoms with Gasteiger partial charge in [0.1, 0.15) is 46.0 Å². The number of azide groups is 1. The summed E-state index contributed by atoms with van der Waals surface area (Å²) in [6.45, 7) is 20.2. The number of sulfonamides is 3. The summed E-state index contributed by atoms with van der Waals surface area (Å²) in [6, 6.07) is 59.2. The Balaban J connectivity index is 0.000000172. The van der Waals surface area contributed by atoms with Gasteiger partial charge in [-0.25, -0.2) is 39.6 Å². The SMILES string of the molecule is CC(C)(C)OC(=O)C1(NS(=O)(=O)c2ccc(-c3ccc(Cl)cc3)s2)CC1(CN)c1ccccc1.CC(C)(C)OC(=O)C1(NS(=O)(=O)c2ccc(-c3ccc(Cl)cc3)s2)CC1(CN=[N+]=[N-])c1ccccc1.CC(C)NCC1(c2ccccc2)CC1(NS(=O)(=O)c1ccc(-c2ccc(Cl)cc2)s1)C(=O)OC(C)(C)C. The Hall–Kier alpha value is -7.34. The molecule has 6 N–H and O–H groups in total. The number of hydrogen-bond donors (Lipinski definition) is 5. The number of ether oxygens (including phenoxy) is 3. The van der Waals surface area contributed by atoms with Gasteiger partial charge in [-0.05, 0) is 193 Å². The minimum atomic E-state index is -4.15. The number of thiophene rings is 3. The van der Waals surface area contributed by atoms with Gasteiger partial charge in [-0.3, -0.25) is 0 Å². The molecule has 20 nitrogen and oxygen atoms in total. The number of nitrogens with two attached hydrogens (primary N) is 1. The van der Waals surface area contributed by atoms with Crippen LogP contribution in [0.25, 0.3) is 41.8 Å². The molecule has 3 aliphatic rings. The average molecular weight is 1630 g/mol. The third-order valence-corrected chi connectivity index (χ3v) is 28.5. The van der Waals surface area contributed by atoms with Crippen LogP contribution in [0.5, 0.6) is 0 Å². The molecule has 566 valence electrons. The molecule has 0 saturated heterocycles. The van der Waals surface area contributed by atoms with Gasteiger partial charge in [-0.2, -0.15) is 14.2 Å². The summed E-state index contributed by atoms with van der Waals surface area (Å²) in [5.74, 6) is -1.93. The predicted molar refractivity (Wildman–Crippen MR) is 425 cm³/mol. The molecule has 29 heteroatoms. The van der Waals surface area contributed by atoms with Gasteiger partial charge in [0.15, 0.2) is 0 Å². The Labute approximate surface area is 652 Å². The molecule has 3 heterocycles. The lowest BCUT2D eigenvalue weighted by molar-refractivity contribution is -0.160. The molecule has 3 aliphatic carbocycles. The van der Waals surface area contributed by atoms with Gasteiger partial charge in [0, 0.05) is 76.5 Å². The number of nitrogens with zero attached hydrogens (tertiary/aromatic N) is 3. The van der Waals surface area contributed by atoms with E-state index in [1.165, 1.54) is 12.1 Å². The van der Waals surface area contributed by atoms with Crippen molar-refractivity contribution in [3.63, 3.8) is 0 Å². The average Bonchev–Trinajstić information content (AvgIpc) is 1.53. The Morgan fingerprint density at radius 1 is 0.458 bits per heavy atom. The van der Waals surface area contributed by atoms with Gasteiger partial charge < -0.3 is 25.3 Å². The van der Waals surface area contributed by atoms with Gasteiger partial charge in [0.2, 0.25) is 0 Å². The highest BCUT2D eigenvalue weighted by atomic mass is 35.5. The van der Waals surface area contributed by atoms with Gasteiger partial charge in [0.05, 0.1) is 0 Å². The van der Waals surface area contributed by atoms with Gasteiger partial charge in [-0.15, -0.1) is 34.0 Å². The first-order valence-corrected chi connectivity index (χ1v) is 42.2. The zero-order chi connectivity index (χ0) is 78.0. The Bertz CT molecular complexity index is 5110. The first-order valence-electron chi connectivity index (χ1n) is 34.1. The maximum Gasteiger partial charge on any atom is 0.328 e. The van der Waals surface area contributed by atoms with E-state index in [1.54, 1.807) is 159 Å². The van der Waals surface area contributed by atoms with Crippen LogP contribution in [0.3, 0.4) is 0 Å². The second kappa shape index (κ2) is 31.6. The zero-order valence-corrected chi connectivity index (χ0v) is 67.9. The van der Waals surface area contributed by atoms with Crippen LogP contribution in [0.2, 0.25) is 15.1 Å². The predicted octanol–water partition coefficient (Wildman–Crippen LogP) is 16.6. The molecule has 12 rings (SSSR count). The molecule has 0 bridgehead atoms. The van der Waals surface area contributed by atoms with Crippen LogP contribution in [-0.4, -0.2) is 102 Å². The van der Waals surface area contributed by atoms with E-state index in [4.69, 9.17) is 60.3 Å². The zero-order valence-electron chi connectivity index (χ0n) is 60.8. The molecule has 0 amide bonds. The number of halogens is 3. The number of benzene rings is 6. The number of carbonyl (C=O) groups excluding carboxylic acids is 3. The number of carbonyl (C=O) groups is 3.